The first kappa shape index (κ1) is 18.3. The third kappa shape index (κ3) is 3.57. The first-order valence-electron chi connectivity index (χ1n) is 7.77. The molecule has 1 amide bonds. The summed E-state index contributed by atoms with van der Waals surface area (Å²) in [6.07, 6.45) is 1.52. The van der Waals surface area contributed by atoms with E-state index in [1.807, 2.05) is 13.8 Å². The van der Waals surface area contributed by atoms with Crippen LogP contribution in [-0.2, 0) is 10.0 Å². The van der Waals surface area contributed by atoms with E-state index in [4.69, 9.17) is 11.6 Å². The molecule has 0 aliphatic carbocycles. The molecule has 25 heavy (non-hydrogen) atoms. The zero-order chi connectivity index (χ0) is 18.2. The highest BCUT2D eigenvalue weighted by Crippen LogP contribution is 2.28. The normalized spacial score (nSPS) is 16.2. The van der Waals surface area contributed by atoms with Crippen LogP contribution in [0.5, 0.6) is 0 Å². The van der Waals surface area contributed by atoms with Crippen molar-refractivity contribution in [2.24, 2.45) is 0 Å². The number of nitrogens with zero attached hydrogens (tertiary/aromatic N) is 3. The number of aromatic nitrogens is 1. The highest BCUT2D eigenvalue weighted by Gasteiger charge is 2.32. The molecule has 9 heteroatoms. The summed E-state index contributed by atoms with van der Waals surface area (Å²) in [6.45, 7) is 4.89. The van der Waals surface area contributed by atoms with E-state index in [2.05, 4.69) is 4.98 Å². The van der Waals surface area contributed by atoms with Gasteiger partial charge in [-0.25, -0.2) is 13.4 Å². The molecule has 0 spiro atoms. The van der Waals surface area contributed by atoms with Crippen LogP contribution in [0.3, 0.4) is 0 Å². The summed E-state index contributed by atoms with van der Waals surface area (Å²) >= 11 is 7.45. The maximum absolute atomic E-state index is 12.8. The van der Waals surface area contributed by atoms with E-state index in [0.717, 1.165) is 9.75 Å². The van der Waals surface area contributed by atoms with Crippen molar-refractivity contribution in [2.75, 3.05) is 26.2 Å². The number of halogens is 1. The Labute approximate surface area is 156 Å². The molecule has 0 saturated carbocycles. The summed E-state index contributed by atoms with van der Waals surface area (Å²) in [7, 11) is -3.53. The number of rotatable bonds is 3. The molecule has 134 valence electrons. The van der Waals surface area contributed by atoms with Crippen LogP contribution < -0.4 is 0 Å². The highest BCUT2D eigenvalue weighted by molar-refractivity contribution is 7.89. The summed E-state index contributed by atoms with van der Waals surface area (Å²) in [5.41, 5.74) is 0.338. The molecule has 3 rings (SSSR count). The van der Waals surface area contributed by atoms with Gasteiger partial charge in [0.1, 0.15) is 5.15 Å². The molecule has 2 aromatic rings. The van der Waals surface area contributed by atoms with Gasteiger partial charge in [0.15, 0.2) is 0 Å². The number of thiophene rings is 1. The van der Waals surface area contributed by atoms with Crippen molar-refractivity contribution < 1.29 is 13.2 Å². The molecule has 1 fully saturated rings. The molecule has 0 bridgehead atoms. The zero-order valence-corrected chi connectivity index (χ0v) is 16.3. The minimum Gasteiger partial charge on any atom is -0.336 e. The Balaban J connectivity index is 1.73. The third-order valence-electron chi connectivity index (χ3n) is 4.13. The van der Waals surface area contributed by atoms with Crippen LogP contribution in [0.25, 0.3) is 0 Å². The van der Waals surface area contributed by atoms with Gasteiger partial charge in [0.2, 0.25) is 10.0 Å². The van der Waals surface area contributed by atoms with Crippen molar-refractivity contribution in [2.45, 2.75) is 18.7 Å². The molecule has 3 heterocycles. The molecule has 2 aromatic heterocycles. The van der Waals surface area contributed by atoms with Crippen LogP contribution in [0, 0.1) is 13.8 Å². The Morgan fingerprint density at radius 2 is 1.92 bits per heavy atom. The van der Waals surface area contributed by atoms with Crippen molar-refractivity contribution in [3.05, 3.63) is 44.9 Å². The summed E-state index contributed by atoms with van der Waals surface area (Å²) in [6, 6.07) is 4.99. The number of carbonyl (C=O) groups excluding carboxylic acids is 1. The predicted molar refractivity (Wildman–Crippen MR) is 97.7 cm³/mol. The van der Waals surface area contributed by atoms with Gasteiger partial charge in [0.05, 0.1) is 10.5 Å². The smallest absolute Gasteiger partial charge is 0.257 e. The maximum Gasteiger partial charge on any atom is 0.257 e. The number of hydrogen-bond donors (Lipinski definition) is 0. The Morgan fingerprint density at radius 1 is 1.24 bits per heavy atom. The second-order valence-corrected chi connectivity index (χ2v) is 9.54. The van der Waals surface area contributed by atoms with E-state index in [9.17, 15) is 13.2 Å². The Bertz CT molecular complexity index is 903. The quantitative estimate of drug-likeness (QED) is 0.743. The summed E-state index contributed by atoms with van der Waals surface area (Å²) in [5, 5.41) is 0.159. The predicted octanol–water partition coefficient (Wildman–Crippen LogP) is 2.56. The SMILES string of the molecule is Cc1cc(S(=O)(=O)N2CCN(C(=O)c3cccnc3Cl)CC2)c(C)s1. The lowest BCUT2D eigenvalue weighted by molar-refractivity contribution is 0.0697. The molecule has 6 nitrogen and oxygen atoms in total. The van der Waals surface area contributed by atoms with Gasteiger partial charge in [-0.2, -0.15) is 4.31 Å². The average Bonchev–Trinajstić information content (AvgIpc) is 2.94. The van der Waals surface area contributed by atoms with Gasteiger partial charge in [0.25, 0.3) is 5.91 Å². The fourth-order valence-corrected chi connectivity index (χ4v) is 6.00. The second kappa shape index (κ2) is 7.03. The lowest BCUT2D eigenvalue weighted by Crippen LogP contribution is -2.50. The Kier molecular flexibility index (Phi) is 5.15. The van der Waals surface area contributed by atoms with Crippen LogP contribution in [0.4, 0.5) is 0 Å². The van der Waals surface area contributed by atoms with Crippen molar-refractivity contribution in [3.8, 4) is 0 Å². The number of amides is 1. The topological polar surface area (TPSA) is 70.6 Å². The van der Waals surface area contributed by atoms with E-state index in [1.165, 1.54) is 21.8 Å². The van der Waals surface area contributed by atoms with E-state index < -0.39 is 10.0 Å². The lowest BCUT2D eigenvalue weighted by Gasteiger charge is -2.34. The van der Waals surface area contributed by atoms with E-state index in [0.29, 0.717) is 23.5 Å². The second-order valence-electron chi connectivity index (χ2n) is 5.82. The van der Waals surface area contributed by atoms with Crippen LogP contribution in [0.2, 0.25) is 5.15 Å². The minimum absolute atomic E-state index is 0.159. The third-order valence-corrected chi connectivity index (χ3v) is 7.55. The molecule has 1 saturated heterocycles. The molecule has 0 unspecified atom stereocenters. The van der Waals surface area contributed by atoms with E-state index >= 15 is 0 Å². The van der Waals surface area contributed by atoms with E-state index in [1.54, 1.807) is 23.1 Å². The molecule has 0 N–H and O–H groups in total. The standard InChI is InChI=1S/C16H18ClN3O3S2/c1-11-10-14(12(2)24-11)25(22,23)20-8-6-19(7-9-20)16(21)13-4-3-5-18-15(13)17/h3-5,10H,6-9H2,1-2H3. The first-order chi connectivity index (χ1) is 11.8. The number of hydrogen-bond acceptors (Lipinski definition) is 5. The number of carbonyl (C=O) groups is 1. The Hall–Kier alpha value is -1.48. The van der Waals surface area contributed by atoms with Crippen LogP contribution in [0.1, 0.15) is 20.1 Å². The molecular formula is C16H18ClN3O3S2. The highest BCUT2D eigenvalue weighted by atomic mass is 35.5. The monoisotopic (exact) mass is 399 g/mol. The van der Waals surface area contributed by atoms with Crippen molar-refractivity contribution >= 4 is 38.9 Å². The van der Waals surface area contributed by atoms with Gasteiger partial charge in [-0.3, -0.25) is 4.79 Å². The number of sulfonamides is 1. The summed E-state index contributed by atoms with van der Waals surface area (Å²) < 4.78 is 27.1. The largest absolute Gasteiger partial charge is 0.336 e. The van der Waals surface area contributed by atoms with Gasteiger partial charge >= 0.3 is 0 Å². The fourth-order valence-electron chi connectivity index (χ4n) is 2.85. The average molecular weight is 400 g/mol. The number of piperazine rings is 1. The van der Waals surface area contributed by atoms with Crippen molar-refractivity contribution in [1.29, 1.82) is 0 Å². The molecule has 1 aliphatic heterocycles. The number of pyridine rings is 1. The van der Waals surface area contributed by atoms with Crippen LogP contribution in [-0.4, -0.2) is 54.7 Å². The molecule has 0 atom stereocenters. The van der Waals surface area contributed by atoms with E-state index in [-0.39, 0.29) is 24.1 Å². The number of aryl methyl sites for hydroxylation is 2. The van der Waals surface area contributed by atoms with Crippen LogP contribution >= 0.6 is 22.9 Å². The van der Waals surface area contributed by atoms with Gasteiger partial charge in [-0.1, -0.05) is 11.6 Å². The molecule has 0 aromatic carbocycles. The fraction of sp³-hybridized carbons (Fsp3) is 0.375. The first-order valence-corrected chi connectivity index (χ1v) is 10.4. The summed E-state index contributed by atoms with van der Waals surface area (Å²) in [5.74, 6) is -0.224. The van der Waals surface area contributed by atoms with Gasteiger partial charge < -0.3 is 4.90 Å². The van der Waals surface area contributed by atoms with Crippen LogP contribution in [0.15, 0.2) is 29.3 Å². The molecule has 0 radical (unpaired) electrons. The molecular weight excluding hydrogens is 382 g/mol. The van der Waals surface area contributed by atoms with Gasteiger partial charge in [-0.05, 0) is 32.0 Å². The minimum atomic E-state index is -3.53. The van der Waals surface area contributed by atoms with Gasteiger partial charge in [-0.15, -0.1) is 11.3 Å². The van der Waals surface area contributed by atoms with Gasteiger partial charge in [0, 0.05) is 42.1 Å². The Morgan fingerprint density at radius 3 is 2.48 bits per heavy atom. The van der Waals surface area contributed by atoms with Crippen molar-refractivity contribution in [1.82, 2.24) is 14.2 Å². The molecule has 1 aliphatic rings. The van der Waals surface area contributed by atoms with Crippen molar-refractivity contribution in [3.63, 3.8) is 0 Å². The zero-order valence-electron chi connectivity index (χ0n) is 13.9. The lowest BCUT2D eigenvalue weighted by atomic mass is 10.2. The summed E-state index contributed by atoms with van der Waals surface area (Å²) in [4.78, 5) is 20.2. The maximum atomic E-state index is 12.8.